The molecule has 1 spiro atoms. The third-order valence-electron chi connectivity index (χ3n) is 6.99. The minimum atomic E-state index is -0.792. The second kappa shape index (κ2) is 7.44. The number of hydrogen-bond acceptors (Lipinski definition) is 3. The van der Waals surface area contributed by atoms with E-state index in [1.54, 1.807) is 0 Å². The number of rotatable bonds is 3. The van der Waals surface area contributed by atoms with Crippen molar-refractivity contribution in [3.05, 3.63) is 0 Å². The fraction of sp³-hybridized carbons (Fsp3) is 0.857. The van der Waals surface area contributed by atoms with Crippen molar-refractivity contribution in [1.29, 1.82) is 0 Å². The monoisotopic (exact) mass is 377 g/mol. The molecule has 2 aliphatic carbocycles. The van der Waals surface area contributed by atoms with Gasteiger partial charge < -0.3 is 10.6 Å². The molecule has 0 aromatic carbocycles. The average Bonchev–Trinajstić information content (AvgIpc) is 2.81. The highest BCUT2D eigenvalue weighted by atomic mass is 16.2. The molecule has 0 atom stereocenters. The first kappa shape index (κ1) is 20.2. The molecule has 152 valence electrons. The first-order valence-corrected chi connectivity index (χ1v) is 10.5. The summed E-state index contributed by atoms with van der Waals surface area (Å²) in [5, 5.41) is 5.93. The van der Waals surface area contributed by atoms with Crippen LogP contribution >= 0.6 is 0 Å². The first-order chi connectivity index (χ1) is 12.6. The van der Waals surface area contributed by atoms with Gasteiger partial charge >= 0.3 is 6.03 Å². The Balaban J connectivity index is 1.56. The lowest BCUT2D eigenvalue weighted by Crippen LogP contribution is -2.51. The van der Waals surface area contributed by atoms with E-state index in [0.29, 0.717) is 24.7 Å². The van der Waals surface area contributed by atoms with Crippen LogP contribution in [-0.4, -0.2) is 40.9 Å². The lowest BCUT2D eigenvalue weighted by Gasteiger charge is -2.40. The van der Waals surface area contributed by atoms with Crippen molar-refractivity contribution < 1.29 is 14.4 Å². The topological polar surface area (TPSA) is 78.5 Å². The van der Waals surface area contributed by atoms with Crippen LogP contribution in [-0.2, 0) is 9.59 Å². The molecule has 1 heterocycles. The lowest BCUT2D eigenvalue weighted by molar-refractivity contribution is -0.136. The molecule has 3 fully saturated rings. The number of carbonyl (C=O) groups excluding carboxylic acids is 3. The third-order valence-corrected chi connectivity index (χ3v) is 6.99. The summed E-state index contributed by atoms with van der Waals surface area (Å²) in [7, 11) is 0. The number of urea groups is 1. The summed E-state index contributed by atoms with van der Waals surface area (Å²) >= 11 is 0. The molecule has 2 N–H and O–H groups in total. The van der Waals surface area contributed by atoms with E-state index in [-0.39, 0.29) is 29.8 Å². The Kier molecular flexibility index (Phi) is 5.55. The summed E-state index contributed by atoms with van der Waals surface area (Å²) in [6, 6.07) is -0.243. The van der Waals surface area contributed by atoms with Gasteiger partial charge in [-0.15, -0.1) is 0 Å². The fourth-order valence-corrected chi connectivity index (χ4v) is 4.96. The van der Waals surface area contributed by atoms with E-state index in [9.17, 15) is 14.4 Å². The molecule has 3 rings (SSSR count). The standard InChI is InChI=1S/C21H35N3O3/c1-14-5-7-16(8-6-14)22-17(25)13-24-18(26)21(23-19(24)27)11-9-15(10-12-21)20(2,3)4/h14-16H,5-13H2,1-4H3,(H,22,25)(H,23,27). The minimum Gasteiger partial charge on any atom is -0.352 e. The molecule has 6 nitrogen and oxygen atoms in total. The maximum atomic E-state index is 13.0. The summed E-state index contributed by atoms with van der Waals surface area (Å²) in [4.78, 5) is 38.9. The van der Waals surface area contributed by atoms with Gasteiger partial charge in [-0.1, -0.05) is 27.7 Å². The van der Waals surface area contributed by atoms with Crippen LogP contribution in [0.4, 0.5) is 4.79 Å². The molecule has 1 saturated heterocycles. The van der Waals surface area contributed by atoms with Crippen LogP contribution in [0.25, 0.3) is 0 Å². The SMILES string of the molecule is CC1CCC(NC(=O)CN2C(=O)NC3(CCC(C(C)(C)C)CC3)C2=O)CC1. The summed E-state index contributed by atoms with van der Waals surface area (Å²) in [5.74, 6) is 0.830. The molecule has 4 amide bonds. The number of imide groups is 1. The van der Waals surface area contributed by atoms with E-state index in [2.05, 4.69) is 38.3 Å². The van der Waals surface area contributed by atoms with Crippen molar-refractivity contribution in [2.24, 2.45) is 17.3 Å². The van der Waals surface area contributed by atoms with Gasteiger partial charge in [0.05, 0.1) is 0 Å². The predicted molar refractivity (Wildman–Crippen MR) is 104 cm³/mol. The minimum absolute atomic E-state index is 0.166. The van der Waals surface area contributed by atoms with E-state index in [1.807, 2.05) is 0 Å². The van der Waals surface area contributed by atoms with E-state index in [1.165, 1.54) is 0 Å². The second-order valence-electron chi connectivity index (χ2n) is 10.1. The molecule has 0 aromatic rings. The van der Waals surface area contributed by atoms with Crippen LogP contribution < -0.4 is 10.6 Å². The zero-order chi connectivity index (χ0) is 19.8. The van der Waals surface area contributed by atoms with Gasteiger partial charge in [0.1, 0.15) is 12.1 Å². The van der Waals surface area contributed by atoms with Crippen molar-refractivity contribution in [3.63, 3.8) is 0 Å². The van der Waals surface area contributed by atoms with E-state index in [0.717, 1.165) is 43.4 Å². The van der Waals surface area contributed by atoms with Crippen molar-refractivity contribution >= 4 is 17.8 Å². The van der Waals surface area contributed by atoms with Crippen molar-refractivity contribution in [3.8, 4) is 0 Å². The maximum Gasteiger partial charge on any atom is 0.325 e. The molecule has 6 heteroatoms. The molecular formula is C21H35N3O3. The number of carbonyl (C=O) groups is 3. The number of amides is 4. The van der Waals surface area contributed by atoms with Crippen LogP contribution in [0.1, 0.15) is 79.1 Å². The third kappa shape index (κ3) is 4.30. The van der Waals surface area contributed by atoms with Crippen molar-refractivity contribution in [2.45, 2.75) is 90.6 Å². The summed E-state index contributed by atoms with van der Waals surface area (Å²) in [6.07, 6.45) is 7.37. The highest BCUT2D eigenvalue weighted by Crippen LogP contribution is 2.43. The molecule has 0 radical (unpaired) electrons. The van der Waals surface area contributed by atoms with E-state index in [4.69, 9.17) is 0 Å². The molecule has 3 aliphatic rings. The van der Waals surface area contributed by atoms with Gasteiger partial charge in [-0.05, 0) is 68.6 Å². The maximum absolute atomic E-state index is 13.0. The Morgan fingerprint density at radius 2 is 1.70 bits per heavy atom. The van der Waals surface area contributed by atoms with Gasteiger partial charge in [0.2, 0.25) is 5.91 Å². The average molecular weight is 378 g/mol. The Labute approximate surface area is 162 Å². The molecule has 27 heavy (non-hydrogen) atoms. The van der Waals surface area contributed by atoms with E-state index >= 15 is 0 Å². The molecule has 0 bridgehead atoms. The zero-order valence-corrected chi connectivity index (χ0v) is 17.3. The van der Waals surface area contributed by atoms with Gasteiger partial charge in [-0.3, -0.25) is 14.5 Å². The number of nitrogens with zero attached hydrogens (tertiary/aromatic N) is 1. The number of hydrogen-bond donors (Lipinski definition) is 2. The Bertz CT molecular complexity index is 594. The molecule has 1 aliphatic heterocycles. The summed E-state index contributed by atoms with van der Waals surface area (Å²) in [6.45, 7) is 8.76. The second-order valence-corrected chi connectivity index (χ2v) is 10.1. The van der Waals surface area contributed by atoms with Gasteiger partial charge in [0.15, 0.2) is 0 Å². The molecule has 2 saturated carbocycles. The highest BCUT2D eigenvalue weighted by Gasteiger charge is 2.53. The van der Waals surface area contributed by atoms with Gasteiger partial charge in [-0.25, -0.2) is 4.79 Å². The van der Waals surface area contributed by atoms with Crippen LogP contribution in [0, 0.1) is 17.3 Å². The van der Waals surface area contributed by atoms with Crippen molar-refractivity contribution in [1.82, 2.24) is 15.5 Å². The summed E-state index contributed by atoms with van der Waals surface area (Å²) < 4.78 is 0. The van der Waals surface area contributed by atoms with Gasteiger partial charge in [0, 0.05) is 6.04 Å². The summed E-state index contributed by atoms with van der Waals surface area (Å²) in [5.41, 5.74) is -0.580. The van der Waals surface area contributed by atoms with Crippen LogP contribution in [0.15, 0.2) is 0 Å². The zero-order valence-electron chi connectivity index (χ0n) is 17.3. The van der Waals surface area contributed by atoms with Gasteiger partial charge in [-0.2, -0.15) is 0 Å². The Morgan fingerprint density at radius 1 is 1.11 bits per heavy atom. The largest absolute Gasteiger partial charge is 0.352 e. The quantitative estimate of drug-likeness (QED) is 0.741. The Hall–Kier alpha value is -1.59. The highest BCUT2D eigenvalue weighted by molar-refractivity contribution is 6.09. The van der Waals surface area contributed by atoms with Crippen LogP contribution in [0.5, 0.6) is 0 Å². The van der Waals surface area contributed by atoms with Crippen LogP contribution in [0.3, 0.4) is 0 Å². The smallest absolute Gasteiger partial charge is 0.325 e. The van der Waals surface area contributed by atoms with Crippen LogP contribution in [0.2, 0.25) is 0 Å². The number of nitrogens with one attached hydrogen (secondary N) is 2. The first-order valence-electron chi connectivity index (χ1n) is 10.5. The normalized spacial score (nSPS) is 34.7. The molecule has 0 unspecified atom stereocenters. The molecule has 0 aromatic heterocycles. The lowest BCUT2D eigenvalue weighted by atomic mass is 9.67. The molecular weight excluding hydrogens is 342 g/mol. The fourth-order valence-electron chi connectivity index (χ4n) is 4.96. The Morgan fingerprint density at radius 3 is 2.26 bits per heavy atom. The van der Waals surface area contributed by atoms with Crippen molar-refractivity contribution in [2.75, 3.05) is 6.54 Å². The predicted octanol–water partition coefficient (Wildman–Crippen LogP) is 3.21. The van der Waals surface area contributed by atoms with Gasteiger partial charge in [0.25, 0.3) is 5.91 Å². The van der Waals surface area contributed by atoms with E-state index < -0.39 is 11.6 Å².